The van der Waals surface area contributed by atoms with Crippen LogP contribution in [-0.4, -0.2) is 26.2 Å². The van der Waals surface area contributed by atoms with Crippen molar-refractivity contribution in [2.45, 2.75) is 18.9 Å². The first-order valence-electron chi connectivity index (χ1n) is 4.21. The summed E-state index contributed by atoms with van der Waals surface area (Å²) in [4.78, 5) is 11.1. The Morgan fingerprint density at radius 1 is 1.50 bits per heavy atom. The molecule has 0 spiro atoms. The molecule has 0 aliphatic heterocycles. The number of hydrogen-bond acceptors (Lipinski definition) is 3. The van der Waals surface area contributed by atoms with Crippen molar-refractivity contribution < 1.29 is 9.53 Å². The summed E-state index contributed by atoms with van der Waals surface area (Å²) in [6, 6.07) is 0.422. The van der Waals surface area contributed by atoms with Gasteiger partial charge in [-0.2, -0.15) is 0 Å². The molecule has 3 nitrogen and oxygen atoms in total. The maximum absolute atomic E-state index is 11.1. The zero-order valence-electron chi connectivity index (χ0n) is 7.54. The van der Waals surface area contributed by atoms with Crippen LogP contribution in [0.1, 0.15) is 12.8 Å². The Morgan fingerprint density at radius 3 is 2.67 bits per heavy atom. The normalized spacial score (nSPS) is 28.5. The maximum Gasteiger partial charge on any atom is 0.312 e. The topological polar surface area (TPSA) is 38.3 Å². The Bertz CT molecular complexity index is 189. The number of likely N-dealkylation sites (N-methyl/N-ethyl adjacent to an activating group) is 1. The lowest BCUT2D eigenvalue weighted by atomic mass is 9.93. The van der Waals surface area contributed by atoms with Gasteiger partial charge in [-0.05, 0) is 19.9 Å². The molecule has 0 amide bonds. The molecule has 0 radical (unpaired) electrons. The standard InChI is InChI=1S/C9H15NO2/c1-10-8-5-3-7(4-6-8)9(11)12-2/h3,5,7-8,10H,4,6H2,1-2H3/t7?,8-/m1/s1. The van der Waals surface area contributed by atoms with E-state index in [4.69, 9.17) is 0 Å². The molecule has 1 unspecified atom stereocenters. The molecule has 0 saturated carbocycles. The van der Waals surface area contributed by atoms with Gasteiger partial charge in [-0.3, -0.25) is 4.79 Å². The molecule has 0 aromatic carbocycles. The van der Waals surface area contributed by atoms with Gasteiger partial charge in [0.25, 0.3) is 0 Å². The quantitative estimate of drug-likeness (QED) is 0.489. The van der Waals surface area contributed by atoms with Gasteiger partial charge in [0.2, 0.25) is 0 Å². The van der Waals surface area contributed by atoms with E-state index in [1.165, 1.54) is 7.11 Å². The van der Waals surface area contributed by atoms with Gasteiger partial charge in [0.15, 0.2) is 0 Å². The number of methoxy groups -OCH3 is 1. The lowest BCUT2D eigenvalue weighted by Gasteiger charge is -2.20. The third kappa shape index (κ3) is 2.08. The minimum Gasteiger partial charge on any atom is -0.469 e. The van der Waals surface area contributed by atoms with Crippen molar-refractivity contribution in [2.75, 3.05) is 14.2 Å². The van der Waals surface area contributed by atoms with Crippen LogP contribution in [0.4, 0.5) is 0 Å². The molecular formula is C9H15NO2. The second-order valence-electron chi connectivity index (χ2n) is 2.99. The molecule has 1 N–H and O–H groups in total. The summed E-state index contributed by atoms with van der Waals surface area (Å²) in [5, 5.41) is 3.14. The summed E-state index contributed by atoms with van der Waals surface area (Å²) in [6.45, 7) is 0. The summed E-state index contributed by atoms with van der Waals surface area (Å²) in [7, 11) is 3.35. The van der Waals surface area contributed by atoms with Crippen LogP contribution in [0.2, 0.25) is 0 Å². The first kappa shape index (κ1) is 9.26. The van der Waals surface area contributed by atoms with Crippen molar-refractivity contribution >= 4 is 5.97 Å². The van der Waals surface area contributed by atoms with Crippen LogP contribution in [-0.2, 0) is 9.53 Å². The van der Waals surface area contributed by atoms with E-state index < -0.39 is 0 Å². The van der Waals surface area contributed by atoms with Gasteiger partial charge >= 0.3 is 5.97 Å². The van der Waals surface area contributed by atoms with Crippen LogP contribution < -0.4 is 5.32 Å². The Labute approximate surface area is 72.8 Å². The first-order chi connectivity index (χ1) is 5.77. The van der Waals surface area contributed by atoms with Crippen molar-refractivity contribution in [1.82, 2.24) is 5.32 Å². The molecule has 0 fully saturated rings. The molecule has 0 heterocycles. The highest BCUT2D eigenvalue weighted by Gasteiger charge is 2.20. The summed E-state index contributed by atoms with van der Waals surface area (Å²) in [6.07, 6.45) is 5.85. The van der Waals surface area contributed by atoms with Crippen molar-refractivity contribution in [3.63, 3.8) is 0 Å². The molecular weight excluding hydrogens is 154 g/mol. The molecule has 12 heavy (non-hydrogen) atoms. The van der Waals surface area contributed by atoms with Crippen LogP contribution in [0.3, 0.4) is 0 Å². The minimum absolute atomic E-state index is 0.0281. The maximum atomic E-state index is 11.1. The van der Waals surface area contributed by atoms with E-state index in [-0.39, 0.29) is 11.9 Å². The van der Waals surface area contributed by atoms with Crippen LogP contribution >= 0.6 is 0 Å². The predicted molar refractivity (Wildman–Crippen MR) is 46.7 cm³/mol. The van der Waals surface area contributed by atoms with E-state index in [1.54, 1.807) is 0 Å². The second-order valence-corrected chi connectivity index (χ2v) is 2.99. The van der Waals surface area contributed by atoms with Crippen LogP contribution in [0.5, 0.6) is 0 Å². The summed E-state index contributed by atoms with van der Waals surface area (Å²) in [5.41, 5.74) is 0. The highest BCUT2D eigenvalue weighted by molar-refractivity contribution is 5.74. The number of carbonyl (C=O) groups is 1. The summed E-state index contributed by atoms with van der Waals surface area (Å²) >= 11 is 0. The van der Waals surface area contributed by atoms with Crippen molar-refractivity contribution in [2.24, 2.45) is 5.92 Å². The lowest BCUT2D eigenvalue weighted by molar-refractivity contribution is -0.144. The van der Waals surface area contributed by atoms with Gasteiger partial charge in [-0.1, -0.05) is 12.2 Å². The van der Waals surface area contributed by atoms with Gasteiger partial charge in [0.05, 0.1) is 13.0 Å². The summed E-state index contributed by atoms with van der Waals surface area (Å²) < 4.78 is 4.65. The van der Waals surface area contributed by atoms with Gasteiger partial charge in [0.1, 0.15) is 0 Å². The van der Waals surface area contributed by atoms with E-state index in [0.717, 1.165) is 12.8 Å². The van der Waals surface area contributed by atoms with Crippen molar-refractivity contribution in [1.29, 1.82) is 0 Å². The number of ether oxygens (including phenoxy) is 1. The number of esters is 1. The third-order valence-electron chi connectivity index (χ3n) is 2.24. The minimum atomic E-state index is -0.124. The van der Waals surface area contributed by atoms with Gasteiger partial charge in [-0.25, -0.2) is 0 Å². The summed E-state index contributed by atoms with van der Waals surface area (Å²) in [5.74, 6) is -0.152. The lowest BCUT2D eigenvalue weighted by Crippen LogP contribution is -2.28. The van der Waals surface area contributed by atoms with E-state index in [1.807, 2.05) is 19.2 Å². The molecule has 0 aromatic rings. The predicted octanol–water partition coefficient (Wildman–Crippen LogP) is 0.714. The molecule has 1 rings (SSSR count). The zero-order valence-corrected chi connectivity index (χ0v) is 7.54. The first-order valence-corrected chi connectivity index (χ1v) is 4.21. The molecule has 0 saturated heterocycles. The van der Waals surface area contributed by atoms with Crippen molar-refractivity contribution in [3.8, 4) is 0 Å². The number of hydrogen-bond donors (Lipinski definition) is 1. The van der Waals surface area contributed by atoms with E-state index >= 15 is 0 Å². The average molecular weight is 169 g/mol. The van der Waals surface area contributed by atoms with E-state index in [0.29, 0.717) is 6.04 Å². The molecule has 0 aromatic heterocycles. The fraction of sp³-hybridized carbons (Fsp3) is 0.667. The van der Waals surface area contributed by atoms with Crippen LogP contribution in [0, 0.1) is 5.92 Å². The second kappa shape index (κ2) is 4.26. The number of nitrogens with one attached hydrogen (secondary N) is 1. The highest BCUT2D eigenvalue weighted by Crippen LogP contribution is 2.18. The fourth-order valence-electron chi connectivity index (χ4n) is 1.41. The van der Waals surface area contributed by atoms with E-state index in [9.17, 15) is 4.79 Å². The van der Waals surface area contributed by atoms with E-state index in [2.05, 4.69) is 10.1 Å². The molecule has 0 bridgehead atoms. The van der Waals surface area contributed by atoms with Crippen molar-refractivity contribution in [3.05, 3.63) is 12.2 Å². The Morgan fingerprint density at radius 2 is 2.25 bits per heavy atom. The number of carbonyl (C=O) groups excluding carboxylic acids is 1. The highest BCUT2D eigenvalue weighted by atomic mass is 16.5. The molecule has 3 heteroatoms. The molecule has 1 aliphatic rings. The Balaban J connectivity index is 2.47. The smallest absolute Gasteiger partial charge is 0.312 e. The molecule has 2 atom stereocenters. The fourth-order valence-corrected chi connectivity index (χ4v) is 1.41. The largest absolute Gasteiger partial charge is 0.469 e. The Hall–Kier alpha value is -0.830. The van der Waals surface area contributed by atoms with Gasteiger partial charge < -0.3 is 10.1 Å². The molecule has 1 aliphatic carbocycles. The Kier molecular flexibility index (Phi) is 3.29. The number of rotatable bonds is 2. The average Bonchev–Trinajstić information content (AvgIpc) is 2.17. The van der Waals surface area contributed by atoms with Crippen LogP contribution in [0.15, 0.2) is 12.2 Å². The van der Waals surface area contributed by atoms with Crippen LogP contribution in [0.25, 0.3) is 0 Å². The third-order valence-corrected chi connectivity index (χ3v) is 2.24. The monoisotopic (exact) mass is 169 g/mol. The molecule has 68 valence electrons. The van der Waals surface area contributed by atoms with Gasteiger partial charge in [0, 0.05) is 6.04 Å². The zero-order chi connectivity index (χ0) is 8.97. The SMILES string of the molecule is CN[C@@H]1C=CC(C(=O)OC)CC1. The van der Waals surface area contributed by atoms with Gasteiger partial charge in [-0.15, -0.1) is 0 Å².